The van der Waals surface area contributed by atoms with E-state index < -0.39 is 5.97 Å². The minimum atomic E-state index is -0.730. The van der Waals surface area contributed by atoms with E-state index in [0.717, 1.165) is 25.8 Å². The van der Waals surface area contributed by atoms with Crippen LogP contribution >= 0.6 is 0 Å². The van der Waals surface area contributed by atoms with E-state index >= 15 is 0 Å². The first-order valence-corrected chi connectivity index (χ1v) is 7.36. The number of likely N-dealkylation sites (tertiary alicyclic amines) is 1. The summed E-state index contributed by atoms with van der Waals surface area (Å²) < 4.78 is 0. The summed E-state index contributed by atoms with van der Waals surface area (Å²) >= 11 is 0. The van der Waals surface area contributed by atoms with Crippen molar-refractivity contribution in [1.29, 1.82) is 0 Å². The predicted molar refractivity (Wildman–Crippen MR) is 71.8 cm³/mol. The molecule has 0 saturated carbocycles. The van der Waals surface area contributed by atoms with Crippen LogP contribution in [-0.4, -0.2) is 47.1 Å². The normalized spacial score (nSPS) is 32.7. The summed E-state index contributed by atoms with van der Waals surface area (Å²) in [4.78, 5) is 25.4. The second-order valence-electron chi connectivity index (χ2n) is 5.80. The number of rotatable bonds is 2. The smallest absolute Gasteiger partial charge is 0.306 e. The Morgan fingerprint density at radius 1 is 1.21 bits per heavy atom. The average molecular weight is 268 g/mol. The molecule has 0 aromatic rings. The zero-order valence-electron chi connectivity index (χ0n) is 11.6. The highest BCUT2D eigenvalue weighted by atomic mass is 16.4. The van der Waals surface area contributed by atoms with E-state index in [1.54, 1.807) is 0 Å². The number of carbonyl (C=O) groups is 2. The molecule has 0 radical (unpaired) electrons. The molecule has 5 nitrogen and oxygen atoms in total. The molecule has 0 aliphatic carbocycles. The number of nitrogens with zero attached hydrogens (tertiary/aromatic N) is 1. The van der Waals surface area contributed by atoms with Crippen LogP contribution in [0.25, 0.3) is 0 Å². The van der Waals surface area contributed by atoms with Crippen LogP contribution in [-0.2, 0) is 9.59 Å². The highest BCUT2D eigenvalue weighted by Crippen LogP contribution is 2.24. The number of piperidine rings is 1. The lowest BCUT2D eigenvalue weighted by Gasteiger charge is -2.38. The van der Waals surface area contributed by atoms with Gasteiger partial charge in [-0.15, -0.1) is 0 Å². The van der Waals surface area contributed by atoms with E-state index in [2.05, 4.69) is 5.32 Å². The number of nitrogens with one attached hydrogen (secondary N) is 1. The van der Waals surface area contributed by atoms with Gasteiger partial charge in [-0.05, 0) is 39.2 Å². The third kappa shape index (κ3) is 3.47. The average Bonchev–Trinajstić information content (AvgIpc) is 2.66. The molecule has 19 heavy (non-hydrogen) atoms. The number of hydrogen-bond acceptors (Lipinski definition) is 3. The van der Waals surface area contributed by atoms with Gasteiger partial charge in [0.25, 0.3) is 0 Å². The molecule has 3 unspecified atom stereocenters. The van der Waals surface area contributed by atoms with Gasteiger partial charge < -0.3 is 15.3 Å². The van der Waals surface area contributed by atoms with Crippen molar-refractivity contribution in [3.63, 3.8) is 0 Å². The van der Waals surface area contributed by atoms with Crippen molar-refractivity contribution in [1.82, 2.24) is 10.2 Å². The summed E-state index contributed by atoms with van der Waals surface area (Å²) in [7, 11) is 0. The number of carbonyl (C=O) groups excluding carboxylic acids is 1. The molecule has 2 fully saturated rings. The fourth-order valence-corrected chi connectivity index (χ4v) is 3.16. The van der Waals surface area contributed by atoms with Gasteiger partial charge >= 0.3 is 5.97 Å². The van der Waals surface area contributed by atoms with Crippen LogP contribution in [0.5, 0.6) is 0 Å². The fourth-order valence-electron chi connectivity index (χ4n) is 3.16. The zero-order valence-corrected chi connectivity index (χ0v) is 11.6. The second-order valence-corrected chi connectivity index (χ2v) is 5.80. The zero-order chi connectivity index (χ0) is 13.8. The Morgan fingerprint density at radius 3 is 2.68 bits per heavy atom. The molecule has 2 heterocycles. The molecule has 1 amide bonds. The van der Waals surface area contributed by atoms with Crippen molar-refractivity contribution in [2.75, 3.05) is 13.1 Å². The summed E-state index contributed by atoms with van der Waals surface area (Å²) in [6.07, 6.45) is 5.49. The Morgan fingerprint density at radius 2 is 2.00 bits per heavy atom. The van der Waals surface area contributed by atoms with Crippen LogP contribution in [0.2, 0.25) is 0 Å². The largest absolute Gasteiger partial charge is 0.481 e. The number of aliphatic carboxylic acids is 1. The third-order valence-corrected chi connectivity index (χ3v) is 4.37. The van der Waals surface area contributed by atoms with E-state index in [4.69, 9.17) is 5.11 Å². The van der Waals surface area contributed by atoms with E-state index in [0.29, 0.717) is 19.4 Å². The molecular formula is C14H24N2O3. The Labute approximate surface area is 114 Å². The minimum absolute atomic E-state index is 0.0346. The van der Waals surface area contributed by atoms with E-state index in [-0.39, 0.29) is 23.9 Å². The Kier molecular flexibility index (Phi) is 4.80. The lowest BCUT2D eigenvalue weighted by atomic mass is 9.91. The highest BCUT2D eigenvalue weighted by Gasteiger charge is 2.34. The molecule has 2 aliphatic heterocycles. The van der Waals surface area contributed by atoms with Crippen molar-refractivity contribution >= 4 is 11.9 Å². The molecule has 108 valence electrons. The Bertz CT molecular complexity index is 338. The van der Waals surface area contributed by atoms with Crippen LogP contribution in [0, 0.1) is 5.92 Å². The molecule has 0 aromatic heterocycles. The number of carboxylic acids is 1. The monoisotopic (exact) mass is 268 g/mol. The van der Waals surface area contributed by atoms with Crippen LogP contribution in [0.15, 0.2) is 0 Å². The molecule has 2 N–H and O–H groups in total. The van der Waals surface area contributed by atoms with Gasteiger partial charge in [0.2, 0.25) is 5.91 Å². The summed E-state index contributed by atoms with van der Waals surface area (Å²) in [6.45, 7) is 3.45. The van der Waals surface area contributed by atoms with Gasteiger partial charge in [0.1, 0.15) is 0 Å². The van der Waals surface area contributed by atoms with Gasteiger partial charge in [-0.1, -0.05) is 12.8 Å². The Balaban J connectivity index is 1.94. The maximum absolute atomic E-state index is 12.5. The topological polar surface area (TPSA) is 69.6 Å². The SMILES string of the molecule is CC1CC(C(=O)O)CCN1C(=O)C1CCCCCN1. The van der Waals surface area contributed by atoms with Crippen LogP contribution < -0.4 is 5.32 Å². The van der Waals surface area contributed by atoms with E-state index in [1.165, 1.54) is 6.42 Å². The van der Waals surface area contributed by atoms with Gasteiger partial charge in [0.15, 0.2) is 0 Å². The van der Waals surface area contributed by atoms with E-state index in [1.807, 2.05) is 11.8 Å². The summed E-state index contributed by atoms with van der Waals surface area (Å²) in [5.74, 6) is -0.856. The van der Waals surface area contributed by atoms with Crippen molar-refractivity contribution in [2.45, 2.75) is 57.5 Å². The molecule has 0 bridgehead atoms. The summed E-state index contributed by atoms with van der Waals surface area (Å²) in [6, 6.07) is -0.0290. The third-order valence-electron chi connectivity index (χ3n) is 4.37. The maximum atomic E-state index is 12.5. The van der Waals surface area contributed by atoms with Crippen LogP contribution in [0.1, 0.15) is 45.4 Å². The molecule has 0 aromatic carbocycles. The van der Waals surface area contributed by atoms with Crippen molar-refractivity contribution in [3.8, 4) is 0 Å². The maximum Gasteiger partial charge on any atom is 0.306 e. The molecule has 2 saturated heterocycles. The molecule has 2 rings (SSSR count). The number of carboxylic acid groups (broad SMARTS) is 1. The van der Waals surface area contributed by atoms with Gasteiger partial charge in [0.05, 0.1) is 12.0 Å². The number of hydrogen-bond donors (Lipinski definition) is 2. The van der Waals surface area contributed by atoms with E-state index in [9.17, 15) is 9.59 Å². The second kappa shape index (κ2) is 6.37. The van der Waals surface area contributed by atoms with Crippen molar-refractivity contribution in [2.24, 2.45) is 5.92 Å². The molecule has 5 heteroatoms. The van der Waals surface area contributed by atoms with Gasteiger partial charge in [-0.25, -0.2) is 0 Å². The lowest BCUT2D eigenvalue weighted by Crippen LogP contribution is -2.53. The first-order valence-electron chi connectivity index (χ1n) is 7.36. The highest BCUT2D eigenvalue weighted by molar-refractivity contribution is 5.82. The molecular weight excluding hydrogens is 244 g/mol. The molecule has 0 spiro atoms. The fraction of sp³-hybridized carbons (Fsp3) is 0.857. The van der Waals surface area contributed by atoms with Gasteiger partial charge in [-0.3, -0.25) is 9.59 Å². The van der Waals surface area contributed by atoms with Crippen LogP contribution in [0.4, 0.5) is 0 Å². The molecule has 3 atom stereocenters. The van der Waals surface area contributed by atoms with Crippen LogP contribution in [0.3, 0.4) is 0 Å². The predicted octanol–water partition coefficient (Wildman–Crippen LogP) is 1.23. The summed E-state index contributed by atoms with van der Waals surface area (Å²) in [5.41, 5.74) is 0. The molecule has 2 aliphatic rings. The first-order chi connectivity index (χ1) is 9.09. The van der Waals surface area contributed by atoms with Crippen molar-refractivity contribution < 1.29 is 14.7 Å². The quantitative estimate of drug-likeness (QED) is 0.790. The summed E-state index contributed by atoms with van der Waals surface area (Å²) in [5, 5.41) is 12.4. The Hall–Kier alpha value is -1.10. The van der Waals surface area contributed by atoms with Gasteiger partial charge in [-0.2, -0.15) is 0 Å². The lowest BCUT2D eigenvalue weighted by molar-refractivity contribution is -0.148. The standard InChI is InChI=1S/C14H24N2O3/c1-10-9-11(14(18)19)6-8-16(10)13(17)12-5-3-2-4-7-15-12/h10-12,15H,2-9H2,1H3,(H,18,19). The van der Waals surface area contributed by atoms with Crippen molar-refractivity contribution in [3.05, 3.63) is 0 Å². The van der Waals surface area contributed by atoms with Gasteiger partial charge in [0, 0.05) is 12.6 Å². The number of amides is 1. The first kappa shape index (κ1) is 14.3. The minimum Gasteiger partial charge on any atom is -0.481 e.